The number of aryl methyl sites for hydroxylation is 1. The lowest BCUT2D eigenvalue weighted by atomic mass is 9.92. The second-order valence-electron chi connectivity index (χ2n) is 6.97. The van der Waals surface area contributed by atoms with Crippen molar-refractivity contribution in [3.05, 3.63) is 52.8 Å². The van der Waals surface area contributed by atoms with Crippen molar-refractivity contribution in [2.24, 2.45) is 0 Å². The molecule has 2 aromatic rings. The summed E-state index contributed by atoms with van der Waals surface area (Å²) in [5.74, 6) is 0.913. The van der Waals surface area contributed by atoms with E-state index in [4.69, 9.17) is 10.2 Å². The van der Waals surface area contributed by atoms with Gasteiger partial charge in [-0.25, -0.2) is 9.97 Å². The summed E-state index contributed by atoms with van der Waals surface area (Å²) in [6.45, 7) is 2.97. The minimum absolute atomic E-state index is 0.444. The highest BCUT2D eigenvalue weighted by Gasteiger charge is 2.22. The zero-order valence-corrected chi connectivity index (χ0v) is 14.4. The van der Waals surface area contributed by atoms with E-state index < -0.39 is 0 Å². The van der Waals surface area contributed by atoms with Crippen molar-refractivity contribution in [2.45, 2.75) is 44.7 Å². The highest BCUT2D eigenvalue weighted by atomic mass is 15.3. The van der Waals surface area contributed by atoms with Gasteiger partial charge in [0.15, 0.2) is 0 Å². The Morgan fingerprint density at radius 2 is 2.16 bits per heavy atom. The van der Waals surface area contributed by atoms with Crippen LogP contribution in [0.5, 0.6) is 0 Å². The topological polar surface area (TPSA) is 64.8 Å². The maximum atomic E-state index is 9.00. The van der Waals surface area contributed by atoms with Gasteiger partial charge in [-0.3, -0.25) is 0 Å². The molecular formula is C20H23N5. The second kappa shape index (κ2) is 7.20. The van der Waals surface area contributed by atoms with E-state index in [1.165, 1.54) is 24.1 Å². The fourth-order valence-electron chi connectivity index (χ4n) is 3.75. The predicted octanol–water partition coefficient (Wildman–Crippen LogP) is 2.60. The Labute approximate surface area is 148 Å². The normalized spacial score (nSPS) is 19.5. The van der Waals surface area contributed by atoms with Crippen LogP contribution in [0.3, 0.4) is 0 Å². The SMILES string of the molecule is N#Cc1cccc(CNC2CCc3nc(N4CCCC4)ncc3C2)c1. The summed E-state index contributed by atoms with van der Waals surface area (Å²) >= 11 is 0. The number of nitriles is 1. The van der Waals surface area contributed by atoms with E-state index in [2.05, 4.69) is 27.3 Å². The molecule has 2 aliphatic rings. The van der Waals surface area contributed by atoms with Gasteiger partial charge in [-0.1, -0.05) is 12.1 Å². The highest BCUT2D eigenvalue weighted by molar-refractivity contribution is 5.36. The molecule has 0 radical (unpaired) electrons. The number of rotatable bonds is 4. The molecule has 1 atom stereocenters. The van der Waals surface area contributed by atoms with Gasteiger partial charge in [-0.05, 0) is 55.4 Å². The smallest absolute Gasteiger partial charge is 0.225 e. The minimum atomic E-state index is 0.444. The first-order valence-corrected chi connectivity index (χ1v) is 9.14. The number of anilines is 1. The molecule has 0 spiro atoms. The second-order valence-corrected chi connectivity index (χ2v) is 6.97. The van der Waals surface area contributed by atoms with Crippen molar-refractivity contribution >= 4 is 5.95 Å². The molecule has 5 nitrogen and oxygen atoms in total. The van der Waals surface area contributed by atoms with Gasteiger partial charge in [0, 0.05) is 37.6 Å². The van der Waals surface area contributed by atoms with Gasteiger partial charge < -0.3 is 10.2 Å². The van der Waals surface area contributed by atoms with Crippen LogP contribution >= 0.6 is 0 Å². The molecule has 1 saturated heterocycles. The molecule has 2 heterocycles. The maximum Gasteiger partial charge on any atom is 0.225 e. The largest absolute Gasteiger partial charge is 0.341 e. The molecule has 1 fully saturated rings. The molecule has 128 valence electrons. The Morgan fingerprint density at radius 1 is 1.28 bits per heavy atom. The Hall–Kier alpha value is -2.45. The number of nitrogens with one attached hydrogen (secondary N) is 1. The fraction of sp³-hybridized carbons (Fsp3) is 0.450. The van der Waals surface area contributed by atoms with E-state index in [1.54, 1.807) is 0 Å². The van der Waals surface area contributed by atoms with Crippen LogP contribution in [0, 0.1) is 11.3 Å². The first-order chi connectivity index (χ1) is 12.3. The van der Waals surface area contributed by atoms with Crippen LogP contribution in [0.2, 0.25) is 0 Å². The average molecular weight is 333 g/mol. The average Bonchev–Trinajstić information content (AvgIpc) is 3.21. The van der Waals surface area contributed by atoms with E-state index in [-0.39, 0.29) is 0 Å². The summed E-state index contributed by atoms with van der Waals surface area (Å²) in [5, 5.41) is 12.6. The summed E-state index contributed by atoms with van der Waals surface area (Å²) in [7, 11) is 0. The Balaban J connectivity index is 1.38. The zero-order valence-electron chi connectivity index (χ0n) is 14.4. The molecule has 0 amide bonds. The lowest BCUT2D eigenvalue weighted by molar-refractivity contribution is 0.452. The summed E-state index contributed by atoms with van der Waals surface area (Å²) in [6.07, 6.45) is 7.61. The van der Waals surface area contributed by atoms with E-state index in [0.29, 0.717) is 6.04 Å². The molecule has 1 unspecified atom stereocenters. The van der Waals surface area contributed by atoms with Gasteiger partial charge >= 0.3 is 0 Å². The first-order valence-electron chi connectivity index (χ1n) is 9.14. The lowest BCUT2D eigenvalue weighted by Crippen LogP contribution is -2.35. The number of hydrogen-bond acceptors (Lipinski definition) is 5. The van der Waals surface area contributed by atoms with E-state index in [1.807, 2.05) is 24.4 Å². The standard InChI is InChI=1S/C20H23N5/c21-12-15-4-3-5-16(10-15)13-22-18-6-7-19-17(11-18)14-23-20(24-19)25-8-1-2-9-25/h3-5,10,14,18,22H,1-2,6-9,11,13H2. The van der Waals surface area contributed by atoms with Gasteiger partial charge in [0.25, 0.3) is 0 Å². The summed E-state index contributed by atoms with van der Waals surface area (Å²) < 4.78 is 0. The molecule has 1 N–H and O–H groups in total. The van der Waals surface area contributed by atoms with Crippen molar-refractivity contribution in [2.75, 3.05) is 18.0 Å². The number of fused-ring (bicyclic) bond motifs is 1. The van der Waals surface area contributed by atoms with Crippen molar-refractivity contribution in [3.63, 3.8) is 0 Å². The van der Waals surface area contributed by atoms with Crippen LogP contribution in [0.25, 0.3) is 0 Å². The number of aromatic nitrogens is 2. The van der Waals surface area contributed by atoms with Crippen molar-refractivity contribution in [3.8, 4) is 6.07 Å². The third-order valence-corrected chi connectivity index (χ3v) is 5.18. The van der Waals surface area contributed by atoms with E-state index >= 15 is 0 Å². The quantitative estimate of drug-likeness (QED) is 0.932. The Bertz CT molecular complexity index is 789. The third-order valence-electron chi connectivity index (χ3n) is 5.18. The molecule has 25 heavy (non-hydrogen) atoms. The lowest BCUT2D eigenvalue weighted by Gasteiger charge is -2.26. The predicted molar refractivity (Wildman–Crippen MR) is 97.3 cm³/mol. The first kappa shape index (κ1) is 16.0. The highest BCUT2D eigenvalue weighted by Crippen LogP contribution is 2.23. The van der Waals surface area contributed by atoms with Crippen LogP contribution < -0.4 is 10.2 Å². The summed E-state index contributed by atoms with van der Waals surface area (Å²) in [5.41, 5.74) is 4.38. The van der Waals surface area contributed by atoms with Crippen molar-refractivity contribution in [1.29, 1.82) is 5.26 Å². The molecular weight excluding hydrogens is 310 g/mol. The fourth-order valence-corrected chi connectivity index (χ4v) is 3.75. The monoisotopic (exact) mass is 333 g/mol. The number of hydrogen-bond donors (Lipinski definition) is 1. The van der Waals surface area contributed by atoms with Crippen molar-refractivity contribution in [1.82, 2.24) is 15.3 Å². The molecule has 1 aliphatic heterocycles. The maximum absolute atomic E-state index is 9.00. The van der Waals surface area contributed by atoms with E-state index in [0.717, 1.165) is 56.0 Å². The van der Waals surface area contributed by atoms with E-state index in [9.17, 15) is 0 Å². The van der Waals surface area contributed by atoms with Gasteiger partial charge in [0.2, 0.25) is 5.95 Å². The van der Waals surface area contributed by atoms with Crippen LogP contribution in [-0.4, -0.2) is 29.1 Å². The molecule has 5 heteroatoms. The third kappa shape index (κ3) is 3.64. The Morgan fingerprint density at radius 3 is 3.00 bits per heavy atom. The van der Waals surface area contributed by atoms with Crippen LogP contribution in [0.15, 0.2) is 30.5 Å². The van der Waals surface area contributed by atoms with Crippen molar-refractivity contribution < 1.29 is 0 Å². The summed E-state index contributed by atoms with van der Waals surface area (Å²) in [6, 6.07) is 10.4. The minimum Gasteiger partial charge on any atom is -0.341 e. The molecule has 1 aromatic carbocycles. The van der Waals surface area contributed by atoms with Gasteiger partial charge in [0.1, 0.15) is 0 Å². The van der Waals surface area contributed by atoms with Crippen LogP contribution in [0.1, 0.15) is 41.6 Å². The van der Waals surface area contributed by atoms with Crippen LogP contribution in [-0.2, 0) is 19.4 Å². The Kier molecular flexibility index (Phi) is 4.62. The van der Waals surface area contributed by atoms with Crippen LogP contribution in [0.4, 0.5) is 5.95 Å². The molecule has 0 bridgehead atoms. The van der Waals surface area contributed by atoms with Gasteiger partial charge in [-0.2, -0.15) is 5.26 Å². The summed E-state index contributed by atoms with van der Waals surface area (Å²) in [4.78, 5) is 11.7. The van der Waals surface area contributed by atoms with Gasteiger partial charge in [-0.15, -0.1) is 0 Å². The number of nitrogens with zero attached hydrogens (tertiary/aromatic N) is 4. The zero-order chi connectivity index (χ0) is 17.1. The molecule has 0 saturated carbocycles. The van der Waals surface area contributed by atoms with Gasteiger partial charge in [0.05, 0.1) is 11.6 Å². The molecule has 1 aromatic heterocycles. The molecule has 4 rings (SSSR count). The molecule has 1 aliphatic carbocycles. The number of benzene rings is 1.